The maximum atomic E-state index is 8.49. The molecule has 0 aliphatic rings. The molecule has 3 heterocycles. The van der Waals surface area contributed by atoms with E-state index in [1.807, 2.05) is 24.4 Å². The van der Waals surface area contributed by atoms with Crippen molar-refractivity contribution in [2.45, 2.75) is 19.6 Å². The van der Waals surface area contributed by atoms with Crippen molar-refractivity contribution < 1.29 is 74.8 Å². The Hall–Kier alpha value is -1.75. The molecule has 225 valence electrons. The van der Waals surface area contributed by atoms with E-state index in [0.717, 1.165) is 76.0 Å². The Bertz CT molecular complexity index is 791. The minimum atomic E-state index is -4.94. The summed E-state index contributed by atoms with van der Waals surface area (Å²) in [6.45, 7) is 8.15. The molecular weight excluding hydrogens is 619 g/mol. The summed E-state index contributed by atoms with van der Waals surface area (Å²) in [5.41, 5.74) is 3.25. The zero-order valence-corrected chi connectivity index (χ0v) is 22.9. The van der Waals surface area contributed by atoms with Crippen molar-refractivity contribution in [2.75, 3.05) is 39.3 Å². The van der Waals surface area contributed by atoms with E-state index in [0.29, 0.717) is 0 Å². The number of aromatic nitrogens is 6. The zero-order valence-electron chi connectivity index (χ0n) is 20.4. The molecule has 0 saturated carbocycles. The van der Waals surface area contributed by atoms with Crippen LogP contribution in [0.5, 0.6) is 0 Å². The molecule has 6 N–H and O–H groups in total. The fourth-order valence-electron chi connectivity index (χ4n) is 2.87. The third-order valence-corrected chi connectivity index (χ3v) is 4.43. The number of nitrogens with one attached hydrogen (secondary N) is 6. The van der Waals surface area contributed by atoms with Crippen LogP contribution < -0.4 is 53.2 Å². The van der Waals surface area contributed by atoms with E-state index in [4.69, 9.17) is 37.3 Å². The van der Waals surface area contributed by atoms with Crippen LogP contribution in [-0.4, -0.2) is 74.8 Å². The second kappa shape index (κ2) is 21.1. The van der Waals surface area contributed by atoms with Crippen LogP contribution in [0.15, 0.2) is 36.8 Å². The fourth-order valence-corrected chi connectivity index (χ4v) is 2.87. The molecule has 0 aromatic carbocycles. The van der Waals surface area contributed by atoms with Crippen LogP contribution in [-0.2, 0) is 36.7 Å². The van der Waals surface area contributed by atoms with Gasteiger partial charge < -0.3 is 16.0 Å². The molecule has 18 nitrogen and oxygen atoms in total. The summed E-state index contributed by atoms with van der Waals surface area (Å²) in [5, 5.41) is 31.3. The van der Waals surface area contributed by atoms with Gasteiger partial charge in [-0.3, -0.25) is 20.2 Å². The first-order valence-electron chi connectivity index (χ1n) is 10.9. The summed E-state index contributed by atoms with van der Waals surface area (Å²) in [7, 11) is -9.89. The van der Waals surface area contributed by atoms with Gasteiger partial charge in [-0.1, -0.05) is 0 Å². The van der Waals surface area contributed by atoms with Crippen molar-refractivity contribution in [3.05, 3.63) is 53.9 Å². The van der Waals surface area contributed by atoms with Crippen LogP contribution >= 0.6 is 0 Å². The quantitative estimate of drug-likeness (QED) is 0.0658. The van der Waals surface area contributed by atoms with Gasteiger partial charge in [0, 0.05) is 88.9 Å². The van der Waals surface area contributed by atoms with Crippen LogP contribution in [0.1, 0.15) is 17.1 Å². The van der Waals surface area contributed by atoms with Crippen LogP contribution in [0.25, 0.3) is 0 Å². The van der Waals surface area contributed by atoms with E-state index in [1.165, 1.54) is 0 Å². The average Bonchev–Trinajstić information content (AvgIpc) is 3.58. The molecule has 0 aliphatic heterocycles. The fraction of sp³-hybridized carbons (Fsp3) is 0.500. The van der Waals surface area contributed by atoms with Crippen molar-refractivity contribution in [3.8, 4) is 0 Å². The number of hydrogen-bond donors (Lipinski definition) is 6. The minimum Gasteiger partial charge on any atom is -0.310 e. The Morgan fingerprint density at radius 1 is 0.667 bits per heavy atom. The zero-order chi connectivity index (χ0) is 28.3. The predicted molar refractivity (Wildman–Crippen MR) is 107 cm³/mol. The summed E-state index contributed by atoms with van der Waals surface area (Å²) >= 11 is 0. The van der Waals surface area contributed by atoms with E-state index in [1.54, 1.807) is 12.4 Å². The van der Waals surface area contributed by atoms with E-state index >= 15 is 0 Å². The number of H-pyrrole nitrogens is 3. The maximum Gasteiger partial charge on any atom is 2.00 e. The molecule has 3 aromatic rings. The molecule has 39 heavy (non-hydrogen) atoms. The van der Waals surface area contributed by atoms with Gasteiger partial charge >= 0.3 is 17.1 Å². The molecule has 0 saturated heterocycles. The molecule has 0 spiro atoms. The van der Waals surface area contributed by atoms with Crippen LogP contribution in [0.3, 0.4) is 0 Å². The SMILES string of the molecule is [Cu+2].[O-][Cl+3]([O-])([O-])[O-].[O-][Cl+3]([O-])([O-])[O-].c1cc(CNCCN(CCNCc2cc[nH]n2)CCNCc2ccn[nH]2)[nH]n1. The van der Waals surface area contributed by atoms with E-state index in [2.05, 4.69) is 51.4 Å². The molecule has 3 aromatic heterocycles. The molecule has 0 fully saturated rings. The summed E-state index contributed by atoms with van der Waals surface area (Å²) in [4.78, 5) is 2.46. The van der Waals surface area contributed by atoms with Gasteiger partial charge in [-0.2, -0.15) is 15.3 Å². The second-order valence-electron chi connectivity index (χ2n) is 7.36. The smallest absolute Gasteiger partial charge is 0.310 e. The van der Waals surface area contributed by atoms with Crippen molar-refractivity contribution in [2.24, 2.45) is 0 Å². The maximum absolute atomic E-state index is 8.49. The Labute approximate surface area is 238 Å². The predicted octanol–water partition coefficient (Wildman–Crippen LogP) is -9.69. The van der Waals surface area contributed by atoms with Gasteiger partial charge in [0.2, 0.25) is 0 Å². The molecule has 1 radical (unpaired) electrons. The van der Waals surface area contributed by atoms with Gasteiger partial charge in [-0.05, 0) is 18.2 Å². The molecule has 0 aliphatic carbocycles. The molecule has 0 bridgehead atoms. The van der Waals surface area contributed by atoms with Crippen LogP contribution in [0.4, 0.5) is 0 Å². The summed E-state index contributed by atoms with van der Waals surface area (Å²) in [6.07, 6.45) is 5.40. The number of hydrogen-bond acceptors (Lipinski definition) is 15. The third-order valence-electron chi connectivity index (χ3n) is 4.43. The molecular formula is C18H30Cl2CuN10O8. The van der Waals surface area contributed by atoms with E-state index in [9.17, 15) is 0 Å². The van der Waals surface area contributed by atoms with Crippen LogP contribution in [0, 0.1) is 20.5 Å². The van der Waals surface area contributed by atoms with Gasteiger partial charge in [-0.15, -0.1) is 20.5 Å². The van der Waals surface area contributed by atoms with E-state index < -0.39 is 20.5 Å². The Balaban J connectivity index is 0.00000113. The minimum absolute atomic E-state index is 0. The Kier molecular flexibility index (Phi) is 20.1. The molecule has 0 atom stereocenters. The molecule has 3 rings (SSSR count). The first-order valence-corrected chi connectivity index (χ1v) is 13.4. The van der Waals surface area contributed by atoms with Crippen molar-refractivity contribution >= 4 is 0 Å². The van der Waals surface area contributed by atoms with Gasteiger partial charge in [0.1, 0.15) is 0 Å². The summed E-state index contributed by atoms with van der Waals surface area (Å²) < 4.78 is 67.9. The first kappa shape index (κ1) is 37.2. The number of nitrogens with zero attached hydrogens (tertiary/aromatic N) is 4. The molecule has 0 unspecified atom stereocenters. The topological polar surface area (TPSA) is 310 Å². The number of halogens is 2. The van der Waals surface area contributed by atoms with Gasteiger partial charge in [-0.25, -0.2) is 37.3 Å². The van der Waals surface area contributed by atoms with Crippen molar-refractivity contribution in [1.82, 2.24) is 51.4 Å². The number of rotatable bonds is 15. The summed E-state index contributed by atoms with van der Waals surface area (Å²) in [6, 6.07) is 5.97. The normalized spacial score (nSPS) is 11.3. The third kappa shape index (κ3) is 26.2. The van der Waals surface area contributed by atoms with E-state index in [-0.39, 0.29) is 17.1 Å². The van der Waals surface area contributed by atoms with Gasteiger partial charge in [0.05, 0.1) is 5.69 Å². The Morgan fingerprint density at radius 3 is 1.41 bits per heavy atom. The first-order chi connectivity index (χ1) is 17.9. The largest absolute Gasteiger partial charge is 2.00 e. The summed E-state index contributed by atoms with van der Waals surface area (Å²) in [5.74, 6) is 0. The van der Waals surface area contributed by atoms with Crippen LogP contribution in [0.2, 0.25) is 0 Å². The van der Waals surface area contributed by atoms with Crippen molar-refractivity contribution in [3.63, 3.8) is 0 Å². The van der Waals surface area contributed by atoms with Gasteiger partial charge in [0.25, 0.3) is 0 Å². The standard InChI is InChI=1S/C18H30N10.2ClHO4.Cu/c1-4-22-25-16(1)13-19-7-10-28(11-8-20-14-17-2-5-23-26-17)12-9-21-15-18-3-6-24-27-18;2*2-1(3,4)5;/h1-6,19-21H,7-15H2,(H,22,25)(H,23,26)(H,24,27);2*(H,2,3,4,5);/q;;;+2/p-2. The average molecular weight is 649 g/mol. The monoisotopic (exact) mass is 647 g/mol. The second-order valence-corrected chi connectivity index (χ2v) is 8.87. The Morgan fingerprint density at radius 2 is 1.08 bits per heavy atom. The van der Waals surface area contributed by atoms with Crippen molar-refractivity contribution in [1.29, 1.82) is 0 Å². The number of aromatic amines is 3. The molecule has 0 amide bonds. The molecule has 21 heteroatoms. The van der Waals surface area contributed by atoms with Gasteiger partial charge in [0.15, 0.2) is 0 Å².